The lowest BCUT2D eigenvalue weighted by Crippen LogP contribution is -2.34. The summed E-state index contributed by atoms with van der Waals surface area (Å²) in [6, 6.07) is 14.1. The van der Waals surface area contributed by atoms with Crippen molar-refractivity contribution in [3.8, 4) is 0 Å². The number of amides is 1. The molecular weight excluding hydrogens is 396 g/mol. The lowest BCUT2D eigenvalue weighted by Gasteiger charge is -2.21. The number of hydrogen-bond acceptors (Lipinski definition) is 6. The molecule has 1 amide bonds. The second kappa shape index (κ2) is 9.97. The maximum atomic E-state index is 12.5. The highest BCUT2D eigenvalue weighted by atomic mass is 32.2. The standard InChI is InChI=1S/C20H22N2O6S/c1-4-14-22(17-8-6-5-7-9-17)19(23)15-28-20(24)16-10-12-18(13-11-16)29(25,26)21(2)27-3/h4-13H,1,14-15H2,2-3H3. The number of esters is 1. The first-order valence-corrected chi connectivity index (χ1v) is 10.0. The van der Waals surface area contributed by atoms with Crippen LogP contribution < -0.4 is 4.90 Å². The minimum Gasteiger partial charge on any atom is -0.452 e. The Labute approximate surface area is 170 Å². The Kier molecular flexibility index (Phi) is 7.66. The highest BCUT2D eigenvalue weighted by Crippen LogP contribution is 2.16. The molecule has 0 spiro atoms. The van der Waals surface area contributed by atoms with E-state index in [0.29, 0.717) is 10.2 Å². The third-order valence-electron chi connectivity index (χ3n) is 3.99. The van der Waals surface area contributed by atoms with Gasteiger partial charge in [-0.2, -0.15) is 0 Å². The molecular formula is C20H22N2O6S. The van der Waals surface area contributed by atoms with Crippen LogP contribution in [-0.2, 0) is 24.4 Å². The van der Waals surface area contributed by atoms with Crippen LogP contribution in [0.1, 0.15) is 10.4 Å². The highest BCUT2D eigenvalue weighted by Gasteiger charge is 2.22. The number of hydroxylamine groups is 1. The molecule has 0 aliphatic carbocycles. The van der Waals surface area contributed by atoms with Crippen LogP contribution in [0.3, 0.4) is 0 Å². The number of carbonyl (C=O) groups excluding carboxylic acids is 2. The van der Waals surface area contributed by atoms with Crippen molar-refractivity contribution in [3.05, 3.63) is 72.8 Å². The number of benzene rings is 2. The Bertz CT molecular complexity index is 958. The Morgan fingerprint density at radius 3 is 2.24 bits per heavy atom. The van der Waals surface area contributed by atoms with Crippen molar-refractivity contribution in [2.75, 3.05) is 32.2 Å². The molecule has 0 saturated carbocycles. The highest BCUT2D eigenvalue weighted by molar-refractivity contribution is 7.89. The van der Waals surface area contributed by atoms with Crippen LogP contribution in [0.25, 0.3) is 0 Å². The maximum Gasteiger partial charge on any atom is 0.338 e. The summed E-state index contributed by atoms with van der Waals surface area (Å²) in [5, 5.41) is 0. The molecule has 0 heterocycles. The first kappa shape index (κ1) is 22.3. The first-order valence-electron chi connectivity index (χ1n) is 8.57. The number of ether oxygens (including phenoxy) is 1. The number of carbonyl (C=O) groups is 2. The van der Waals surface area contributed by atoms with Crippen molar-refractivity contribution in [2.24, 2.45) is 0 Å². The fourth-order valence-electron chi connectivity index (χ4n) is 2.39. The average molecular weight is 418 g/mol. The number of anilines is 1. The van der Waals surface area contributed by atoms with E-state index in [0.717, 1.165) is 0 Å². The molecule has 2 aromatic rings. The molecule has 0 fully saturated rings. The summed E-state index contributed by atoms with van der Waals surface area (Å²) >= 11 is 0. The summed E-state index contributed by atoms with van der Waals surface area (Å²) in [6.45, 7) is 3.43. The van der Waals surface area contributed by atoms with Gasteiger partial charge in [-0.05, 0) is 36.4 Å². The molecule has 0 atom stereocenters. The molecule has 0 bridgehead atoms. The Morgan fingerprint density at radius 2 is 1.69 bits per heavy atom. The molecule has 0 saturated heterocycles. The predicted molar refractivity (Wildman–Crippen MR) is 108 cm³/mol. The number of hydrogen-bond donors (Lipinski definition) is 0. The van der Waals surface area contributed by atoms with Gasteiger partial charge in [0.1, 0.15) is 0 Å². The minimum absolute atomic E-state index is 0.0456. The van der Waals surface area contributed by atoms with Gasteiger partial charge in [-0.1, -0.05) is 28.7 Å². The Balaban J connectivity index is 2.04. The molecule has 0 aromatic heterocycles. The first-order chi connectivity index (χ1) is 13.8. The van der Waals surface area contributed by atoms with E-state index in [-0.39, 0.29) is 17.0 Å². The van der Waals surface area contributed by atoms with E-state index >= 15 is 0 Å². The SMILES string of the molecule is C=CCN(C(=O)COC(=O)c1ccc(S(=O)(=O)N(C)OC)cc1)c1ccccc1. The lowest BCUT2D eigenvalue weighted by atomic mass is 10.2. The van der Waals surface area contributed by atoms with E-state index in [1.165, 1.54) is 43.3 Å². The summed E-state index contributed by atoms with van der Waals surface area (Å²) in [5.74, 6) is -1.15. The second-order valence-electron chi connectivity index (χ2n) is 5.83. The van der Waals surface area contributed by atoms with Gasteiger partial charge in [-0.15, -0.1) is 6.58 Å². The lowest BCUT2D eigenvalue weighted by molar-refractivity contribution is -0.121. The van der Waals surface area contributed by atoms with Gasteiger partial charge in [0.15, 0.2) is 6.61 Å². The topological polar surface area (TPSA) is 93.2 Å². The van der Waals surface area contributed by atoms with Crippen LogP contribution in [0.4, 0.5) is 5.69 Å². The zero-order chi connectivity index (χ0) is 21.4. The molecule has 0 radical (unpaired) electrons. The number of sulfonamides is 1. The van der Waals surface area contributed by atoms with Crippen LogP contribution in [0.2, 0.25) is 0 Å². The fraction of sp³-hybridized carbons (Fsp3) is 0.200. The molecule has 29 heavy (non-hydrogen) atoms. The van der Waals surface area contributed by atoms with Gasteiger partial charge in [0.25, 0.3) is 15.9 Å². The van der Waals surface area contributed by atoms with Crippen molar-refractivity contribution >= 4 is 27.6 Å². The molecule has 8 nitrogen and oxygen atoms in total. The van der Waals surface area contributed by atoms with Crippen molar-refractivity contribution < 1.29 is 27.6 Å². The van der Waals surface area contributed by atoms with Crippen LogP contribution >= 0.6 is 0 Å². The smallest absolute Gasteiger partial charge is 0.338 e. The van der Waals surface area contributed by atoms with Crippen LogP contribution in [-0.4, -0.2) is 52.1 Å². The number of para-hydroxylation sites is 1. The summed E-state index contributed by atoms with van der Waals surface area (Å²) in [6.07, 6.45) is 1.57. The van der Waals surface area contributed by atoms with Crippen LogP contribution in [0, 0.1) is 0 Å². The van der Waals surface area contributed by atoms with E-state index in [4.69, 9.17) is 9.57 Å². The summed E-state index contributed by atoms with van der Waals surface area (Å²) < 4.78 is 30.1. The van der Waals surface area contributed by atoms with Gasteiger partial charge < -0.3 is 9.64 Å². The fourth-order valence-corrected chi connectivity index (χ4v) is 3.36. The number of nitrogens with zero attached hydrogens (tertiary/aromatic N) is 2. The molecule has 9 heteroatoms. The van der Waals surface area contributed by atoms with E-state index in [1.54, 1.807) is 30.3 Å². The normalized spacial score (nSPS) is 11.1. The van der Waals surface area contributed by atoms with E-state index in [9.17, 15) is 18.0 Å². The van der Waals surface area contributed by atoms with E-state index < -0.39 is 28.5 Å². The molecule has 0 aliphatic heterocycles. The van der Waals surface area contributed by atoms with Crippen molar-refractivity contribution in [1.29, 1.82) is 0 Å². The monoisotopic (exact) mass is 418 g/mol. The van der Waals surface area contributed by atoms with Crippen molar-refractivity contribution in [2.45, 2.75) is 4.90 Å². The van der Waals surface area contributed by atoms with Gasteiger partial charge in [0.2, 0.25) is 0 Å². The summed E-state index contributed by atoms with van der Waals surface area (Å²) in [7, 11) is -1.33. The molecule has 0 aliphatic rings. The molecule has 0 unspecified atom stereocenters. The van der Waals surface area contributed by atoms with Gasteiger partial charge in [0, 0.05) is 19.3 Å². The molecule has 0 N–H and O–H groups in total. The van der Waals surface area contributed by atoms with Crippen molar-refractivity contribution in [3.63, 3.8) is 0 Å². The maximum absolute atomic E-state index is 12.5. The third kappa shape index (κ3) is 5.50. The van der Waals surface area contributed by atoms with E-state index in [2.05, 4.69) is 6.58 Å². The molecule has 154 valence electrons. The number of rotatable bonds is 9. The quantitative estimate of drug-likeness (QED) is 0.352. The van der Waals surface area contributed by atoms with Crippen LogP contribution in [0.5, 0.6) is 0 Å². The summed E-state index contributed by atoms with van der Waals surface area (Å²) in [4.78, 5) is 30.8. The Morgan fingerprint density at radius 1 is 1.07 bits per heavy atom. The van der Waals surface area contributed by atoms with Crippen molar-refractivity contribution in [1.82, 2.24) is 4.47 Å². The van der Waals surface area contributed by atoms with Crippen LogP contribution in [0.15, 0.2) is 72.1 Å². The third-order valence-corrected chi connectivity index (χ3v) is 5.68. The van der Waals surface area contributed by atoms with E-state index in [1.807, 2.05) is 6.07 Å². The molecule has 2 aromatic carbocycles. The zero-order valence-corrected chi connectivity index (χ0v) is 17.0. The predicted octanol–water partition coefficient (Wildman–Crippen LogP) is 2.24. The zero-order valence-electron chi connectivity index (χ0n) is 16.1. The molecule has 2 rings (SSSR count). The summed E-state index contributed by atoms with van der Waals surface area (Å²) in [5.41, 5.74) is 0.775. The second-order valence-corrected chi connectivity index (χ2v) is 7.76. The van der Waals surface area contributed by atoms with Gasteiger partial charge >= 0.3 is 5.97 Å². The van der Waals surface area contributed by atoms with Gasteiger partial charge in [0.05, 0.1) is 17.6 Å². The van der Waals surface area contributed by atoms with Gasteiger partial charge in [-0.25, -0.2) is 13.2 Å². The average Bonchev–Trinajstić information content (AvgIpc) is 2.75. The minimum atomic E-state index is -3.82. The Hall–Kier alpha value is -3.01. The van der Waals surface area contributed by atoms with Gasteiger partial charge in [-0.3, -0.25) is 9.63 Å². The largest absolute Gasteiger partial charge is 0.452 e.